The smallest absolute Gasteiger partial charge is 0.0949 e. The van der Waals surface area contributed by atoms with Crippen LogP contribution in [0, 0.1) is 0 Å². The number of imidazole rings is 1. The summed E-state index contributed by atoms with van der Waals surface area (Å²) in [6, 6.07) is 0. The van der Waals surface area contributed by atoms with Crippen molar-refractivity contribution in [1.29, 1.82) is 0 Å². The van der Waals surface area contributed by atoms with Crippen molar-refractivity contribution in [2.75, 3.05) is 26.2 Å². The molecule has 5 heteroatoms. The van der Waals surface area contributed by atoms with Crippen LogP contribution in [0.25, 0.3) is 0 Å². The molecular formula is C13H24N4O. The van der Waals surface area contributed by atoms with E-state index in [2.05, 4.69) is 21.4 Å². The van der Waals surface area contributed by atoms with Crippen LogP contribution in [-0.2, 0) is 16.8 Å². The van der Waals surface area contributed by atoms with Crippen LogP contribution in [-0.4, -0.2) is 46.8 Å². The first kappa shape index (κ1) is 13.5. The minimum atomic E-state index is -0.365. The lowest BCUT2D eigenvalue weighted by atomic mass is 10.0. The van der Waals surface area contributed by atoms with Crippen molar-refractivity contribution in [2.45, 2.75) is 39.0 Å². The molecule has 1 aromatic heterocycles. The second-order valence-corrected chi connectivity index (χ2v) is 5.54. The van der Waals surface area contributed by atoms with E-state index in [0.717, 1.165) is 38.5 Å². The summed E-state index contributed by atoms with van der Waals surface area (Å²) in [6.07, 6.45) is 3.92. The zero-order valence-electron chi connectivity index (χ0n) is 11.6. The molecule has 102 valence electrons. The van der Waals surface area contributed by atoms with Crippen molar-refractivity contribution in [1.82, 2.24) is 14.5 Å². The number of ether oxygens (including phenoxy) is 1. The monoisotopic (exact) mass is 252 g/mol. The van der Waals surface area contributed by atoms with E-state index in [1.165, 1.54) is 0 Å². The molecule has 1 fully saturated rings. The Labute approximate surface area is 109 Å². The molecule has 2 N–H and O–H groups in total. The lowest BCUT2D eigenvalue weighted by Crippen LogP contribution is -2.44. The van der Waals surface area contributed by atoms with Gasteiger partial charge in [0.05, 0.1) is 36.8 Å². The number of likely N-dealkylation sites (N-methyl/N-ethyl adjacent to an activating group) is 1. The largest absolute Gasteiger partial charge is 0.374 e. The SMILES string of the molecule is CCN1CCOC(Cn2cncc2C(C)(C)N)C1. The minimum absolute atomic E-state index is 0.231. The van der Waals surface area contributed by atoms with Gasteiger partial charge < -0.3 is 15.0 Å². The molecule has 1 atom stereocenters. The van der Waals surface area contributed by atoms with Crippen LogP contribution in [0.15, 0.2) is 12.5 Å². The van der Waals surface area contributed by atoms with Crippen molar-refractivity contribution in [3.8, 4) is 0 Å². The topological polar surface area (TPSA) is 56.3 Å². The molecule has 1 saturated heterocycles. The quantitative estimate of drug-likeness (QED) is 0.861. The molecule has 0 amide bonds. The van der Waals surface area contributed by atoms with Crippen LogP contribution in [0.1, 0.15) is 26.5 Å². The molecule has 0 radical (unpaired) electrons. The molecule has 5 nitrogen and oxygen atoms in total. The molecule has 1 unspecified atom stereocenters. The van der Waals surface area contributed by atoms with Gasteiger partial charge in [0.25, 0.3) is 0 Å². The molecule has 0 aromatic carbocycles. The van der Waals surface area contributed by atoms with Gasteiger partial charge in [-0.1, -0.05) is 6.92 Å². The fourth-order valence-electron chi connectivity index (χ4n) is 2.40. The van der Waals surface area contributed by atoms with Crippen LogP contribution in [0.4, 0.5) is 0 Å². The third kappa shape index (κ3) is 3.10. The molecule has 1 aliphatic rings. The van der Waals surface area contributed by atoms with E-state index in [-0.39, 0.29) is 11.6 Å². The summed E-state index contributed by atoms with van der Waals surface area (Å²) in [7, 11) is 0. The van der Waals surface area contributed by atoms with E-state index in [1.54, 1.807) is 0 Å². The van der Waals surface area contributed by atoms with Crippen LogP contribution in [0.5, 0.6) is 0 Å². The molecule has 0 aliphatic carbocycles. The van der Waals surface area contributed by atoms with Crippen LogP contribution in [0.2, 0.25) is 0 Å². The molecule has 0 saturated carbocycles. The molecule has 1 aliphatic heterocycles. The van der Waals surface area contributed by atoms with Crippen LogP contribution < -0.4 is 5.73 Å². The predicted octanol–water partition coefficient (Wildman–Crippen LogP) is 0.798. The van der Waals surface area contributed by atoms with E-state index in [4.69, 9.17) is 10.5 Å². The highest BCUT2D eigenvalue weighted by Gasteiger charge is 2.23. The van der Waals surface area contributed by atoms with Gasteiger partial charge in [0.15, 0.2) is 0 Å². The molecule has 0 spiro atoms. The zero-order chi connectivity index (χ0) is 13.2. The standard InChI is InChI=1S/C13H24N4O/c1-4-16-5-6-18-11(8-16)9-17-10-15-7-12(17)13(2,3)14/h7,10-11H,4-6,8-9,14H2,1-3H3. The number of hydrogen-bond acceptors (Lipinski definition) is 4. The van der Waals surface area contributed by atoms with E-state index >= 15 is 0 Å². The van der Waals surface area contributed by atoms with Gasteiger partial charge in [-0.25, -0.2) is 4.98 Å². The zero-order valence-corrected chi connectivity index (χ0v) is 11.6. The van der Waals surface area contributed by atoms with Gasteiger partial charge >= 0.3 is 0 Å². The number of nitrogens with two attached hydrogens (primary N) is 1. The Morgan fingerprint density at radius 3 is 3.00 bits per heavy atom. The average Bonchev–Trinajstić information content (AvgIpc) is 2.77. The first-order chi connectivity index (χ1) is 8.50. The first-order valence-electron chi connectivity index (χ1n) is 6.64. The molecule has 2 heterocycles. The highest BCUT2D eigenvalue weighted by molar-refractivity contribution is 5.10. The van der Waals surface area contributed by atoms with Crippen molar-refractivity contribution in [3.05, 3.63) is 18.2 Å². The van der Waals surface area contributed by atoms with Crippen molar-refractivity contribution >= 4 is 0 Å². The van der Waals surface area contributed by atoms with Gasteiger partial charge in [-0.15, -0.1) is 0 Å². The Hall–Kier alpha value is -0.910. The van der Waals surface area contributed by atoms with Gasteiger partial charge in [0.1, 0.15) is 0 Å². The van der Waals surface area contributed by atoms with Gasteiger partial charge in [-0.05, 0) is 20.4 Å². The normalized spacial score (nSPS) is 22.3. The summed E-state index contributed by atoms with van der Waals surface area (Å²) in [5.74, 6) is 0. The first-order valence-corrected chi connectivity index (χ1v) is 6.64. The minimum Gasteiger partial charge on any atom is -0.374 e. The van der Waals surface area contributed by atoms with Crippen molar-refractivity contribution in [2.24, 2.45) is 5.73 Å². The molecule has 2 rings (SSSR count). The van der Waals surface area contributed by atoms with Crippen LogP contribution in [0.3, 0.4) is 0 Å². The van der Waals surface area contributed by atoms with Crippen molar-refractivity contribution in [3.63, 3.8) is 0 Å². The number of hydrogen-bond donors (Lipinski definition) is 1. The lowest BCUT2D eigenvalue weighted by molar-refractivity contribution is -0.0348. The maximum atomic E-state index is 6.15. The second-order valence-electron chi connectivity index (χ2n) is 5.54. The Morgan fingerprint density at radius 1 is 1.56 bits per heavy atom. The van der Waals surface area contributed by atoms with Crippen LogP contribution >= 0.6 is 0 Å². The summed E-state index contributed by atoms with van der Waals surface area (Å²) >= 11 is 0. The number of nitrogens with zero attached hydrogens (tertiary/aromatic N) is 3. The summed E-state index contributed by atoms with van der Waals surface area (Å²) in [5, 5.41) is 0. The highest BCUT2D eigenvalue weighted by atomic mass is 16.5. The Kier molecular flexibility index (Phi) is 4.04. The fraction of sp³-hybridized carbons (Fsp3) is 0.769. The highest BCUT2D eigenvalue weighted by Crippen LogP contribution is 2.17. The maximum absolute atomic E-state index is 6.15. The van der Waals surface area contributed by atoms with Gasteiger partial charge in [-0.2, -0.15) is 0 Å². The Balaban J connectivity index is 2.03. The lowest BCUT2D eigenvalue weighted by Gasteiger charge is -2.33. The maximum Gasteiger partial charge on any atom is 0.0949 e. The van der Waals surface area contributed by atoms with Gasteiger partial charge in [0, 0.05) is 19.3 Å². The number of aromatic nitrogens is 2. The molecule has 0 bridgehead atoms. The Bertz CT molecular complexity index is 383. The number of morpholine rings is 1. The fourth-order valence-corrected chi connectivity index (χ4v) is 2.40. The molecular weight excluding hydrogens is 228 g/mol. The van der Waals surface area contributed by atoms with E-state index < -0.39 is 0 Å². The predicted molar refractivity (Wildman–Crippen MR) is 71.3 cm³/mol. The average molecular weight is 252 g/mol. The van der Waals surface area contributed by atoms with Gasteiger partial charge in [-0.3, -0.25) is 4.90 Å². The third-order valence-electron chi connectivity index (χ3n) is 3.44. The molecule has 1 aromatic rings. The summed E-state index contributed by atoms with van der Waals surface area (Å²) < 4.78 is 7.93. The summed E-state index contributed by atoms with van der Waals surface area (Å²) in [5.41, 5.74) is 6.84. The van der Waals surface area contributed by atoms with E-state index in [9.17, 15) is 0 Å². The van der Waals surface area contributed by atoms with Crippen molar-refractivity contribution < 1.29 is 4.74 Å². The second kappa shape index (κ2) is 5.38. The van der Waals surface area contributed by atoms with E-state index in [0.29, 0.717) is 0 Å². The van der Waals surface area contributed by atoms with Gasteiger partial charge in [0.2, 0.25) is 0 Å². The third-order valence-corrected chi connectivity index (χ3v) is 3.44. The molecule has 18 heavy (non-hydrogen) atoms. The number of rotatable bonds is 4. The summed E-state index contributed by atoms with van der Waals surface area (Å²) in [4.78, 5) is 6.62. The van der Waals surface area contributed by atoms with E-state index in [1.807, 2.05) is 26.4 Å². The summed E-state index contributed by atoms with van der Waals surface area (Å²) in [6.45, 7) is 10.9. The Morgan fingerprint density at radius 2 is 2.33 bits per heavy atom.